The number of aromatic nitrogens is 6. The highest BCUT2D eigenvalue weighted by Gasteiger charge is 2.20. The second-order valence-corrected chi connectivity index (χ2v) is 9.24. The number of benzene rings is 1. The number of rotatable bonds is 7. The number of amides is 1. The fourth-order valence-electron chi connectivity index (χ4n) is 4.50. The average molecular weight is 490 g/mol. The number of hydrogen-bond acceptors (Lipinski definition) is 5. The van der Waals surface area contributed by atoms with Gasteiger partial charge in [-0.1, -0.05) is 23.7 Å². The normalized spacial score (nSPS) is 14.0. The van der Waals surface area contributed by atoms with Crippen molar-refractivity contribution in [1.29, 1.82) is 0 Å². The predicted molar refractivity (Wildman–Crippen MR) is 132 cm³/mol. The van der Waals surface area contributed by atoms with Crippen molar-refractivity contribution >= 4 is 34.2 Å². The summed E-state index contributed by atoms with van der Waals surface area (Å²) in [5.74, 6) is 0.835. The van der Waals surface area contributed by atoms with Crippen LogP contribution in [0.4, 0.5) is 0 Å². The Morgan fingerprint density at radius 3 is 2.83 bits per heavy atom. The number of nitrogens with zero attached hydrogens (tertiary/aromatic N) is 6. The number of carbonyl (C=O) groups is 1. The summed E-state index contributed by atoms with van der Waals surface area (Å²) in [5, 5.41) is 17.0. The van der Waals surface area contributed by atoms with Crippen molar-refractivity contribution in [1.82, 2.24) is 34.3 Å². The first-order chi connectivity index (χ1) is 17.0. The minimum absolute atomic E-state index is 0.0101. The van der Waals surface area contributed by atoms with Crippen LogP contribution < -0.4 is 5.32 Å². The van der Waals surface area contributed by atoms with Gasteiger partial charge in [-0.15, -0.1) is 10.2 Å². The molecule has 9 nitrogen and oxygen atoms in total. The highest BCUT2D eigenvalue weighted by Crippen LogP contribution is 2.30. The molecule has 0 atom stereocenters. The molecule has 5 aromatic rings. The summed E-state index contributed by atoms with van der Waals surface area (Å²) in [6, 6.07) is 16.2. The van der Waals surface area contributed by atoms with Gasteiger partial charge in [-0.05, 0) is 48.9 Å². The van der Waals surface area contributed by atoms with Crippen LogP contribution in [0, 0.1) is 6.92 Å². The lowest BCUT2D eigenvalue weighted by Crippen LogP contribution is -2.48. The zero-order valence-electron chi connectivity index (χ0n) is 19.2. The maximum absolute atomic E-state index is 12.2. The summed E-state index contributed by atoms with van der Waals surface area (Å²) >= 11 is 6.27. The number of hydrogen-bond donors (Lipinski definition) is 1. The van der Waals surface area contributed by atoms with E-state index in [-0.39, 0.29) is 11.9 Å². The smallest absolute Gasteiger partial charge is 0.222 e. The number of carbonyl (C=O) groups excluding carboxylic acids is 1. The van der Waals surface area contributed by atoms with Crippen molar-refractivity contribution in [3.8, 4) is 11.4 Å². The average Bonchev–Trinajstić information content (AvgIpc) is 3.52. The molecular formula is C25H24ClN7O2. The molecule has 4 aromatic heterocycles. The molecular weight excluding hydrogens is 466 g/mol. The van der Waals surface area contributed by atoms with Crippen LogP contribution in [-0.2, 0) is 22.6 Å². The maximum atomic E-state index is 12.2. The van der Waals surface area contributed by atoms with Gasteiger partial charge in [0, 0.05) is 30.7 Å². The van der Waals surface area contributed by atoms with Gasteiger partial charge in [0.05, 0.1) is 36.0 Å². The molecule has 10 heteroatoms. The third-order valence-electron chi connectivity index (χ3n) is 6.30. The van der Waals surface area contributed by atoms with E-state index in [1.54, 1.807) is 0 Å². The first kappa shape index (κ1) is 21.8. The van der Waals surface area contributed by atoms with E-state index in [1.807, 2.05) is 48.1 Å². The second kappa shape index (κ2) is 8.83. The van der Waals surface area contributed by atoms with Gasteiger partial charge in [0.15, 0.2) is 5.65 Å². The van der Waals surface area contributed by atoms with Crippen LogP contribution in [0.2, 0.25) is 5.02 Å². The largest absolute Gasteiger partial charge is 0.377 e. The molecule has 5 heterocycles. The number of pyridine rings is 1. The molecule has 178 valence electrons. The van der Waals surface area contributed by atoms with Gasteiger partial charge >= 0.3 is 0 Å². The Labute approximate surface area is 206 Å². The van der Waals surface area contributed by atoms with Crippen molar-refractivity contribution in [2.75, 3.05) is 13.2 Å². The third kappa shape index (κ3) is 4.17. The molecule has 1 amide bonds. The van der Waals surface area contributed by atoms with Crippen molar-refractivity contribution in [2.24, 2.45) is 0 Å². The van der Waals surface area contributed by atoms with Crippen molar-refractivity contribution in [3.05, 3.63) is 71.1 Å². The monoisotopic (exact) mass is 489 g/mol. The quantitative estimate of drug-likeness (QED) is 0.378. The summed E-state index contributed by atoms with van der Waals surface area (Å²) in [6.07, 6.45) is 2.28. The Balaban J connectivity index is 1.36. The van der Waals surface area contributed by atoms with Gasteiger partial charge in [0.1, 0.15) is 11.5 Å². The van der Waals surface area contributed by atoms with Crippen LogP contribution in [0.5, 0.6) is 0 Å². The SMILES string of the molecule is Cc1nnc2ccc3c(cc(-c4ccn(CCC(=O)NC5COC5)n4)n3Cc3cccc(Cl)c3)n12. The fourth-order valence-corrected chi connectivity index (χ4v) is 4.71. The van der Waals surface area contributed by atoms with Gasteiger partial charge < -0.3 is 14.6 Å². The first-order valence-corrected chi connectivity index (χ1v) is 11.9. The molecule has 0 saturated carbocycles. The van der Waals surface area contributed by atoms with Crippen LogP contribution in [0.1, 0.15) is 17.8 Å². The third-order valence-corrected chi connectivity index (χ3v) is 6.54. The molecule has 1 aliphatic rings. The van der Waals surface area contributed by atoms with Gasteiger partial charge in [-0.3, -0.25) is 13.9 Å². The Bertz CT molecular complexity index is 1550. The lowest BCUT2D eigenvalue weighted by molar-refractivity contribution is -0.125. The molecule has 0 bridgehead atoms. The van der Waals surface area contributed by atoms with Crippen LogP contribution in [0.3, 0.4) is 0 Å². The van der Waals surface area contributed by atoms with E-state index in [1.165, 1.54) is 0 Å². The van der Waals surface area contributed by atoms with E-state index in [4.69, 9.17) is 21.4 Å². The van der Waals surface area contributed by atoms with Gasteiger partial charge in [0.2, 0.25) is 5.91 Å². The predicted octanol–water partition coefficient (Wildman–Crippen LogP) is 3.46. The first-order valence-electron chi connectivity index (χ1n) is 11.5. The summed E-state index contributed by atoms with van der Waals surface area (Å²) in [6.45, 7) is 4.26. The van der Waals surface area contributed by atoms with Gasteiger partial charge in [-0.2, -0.15) is 5.10 Å². The van der Waals surface area contributed by atoms with E-state index >= 15 is 0 Å². The standard InChI is InChI=1S/C25H24ClN7O2/c1-16-28-29-24-6-5-21-23(33(16)24)12-22(32(21)13-17-3-2-4-18(26)11-17)20-7-9-31(30-20)10-8-25(34)27-19-14-35-15-19/h2-7,9,11-12,19H,8,10,13-15H2,1H3,(H,27,34). The molecule has 0 aliphatic carbocycles. The van der Waals surface area contributed by atoms with E-state index in [0.717, 1.165) is 39.5 Å². The highest BCUT2D eigenvalue weighted by molar-refractivity contribution is 6.30. The zero-order chi connectivity index (χ0) is 23.9. The van der Waals surface area contributed by atoms with Crippen LogP contribution in [0.15, 0.2) is 54.7 Å². The lowest BCUT2D eigenvalue weighted by Gasteiger charge is -2.26. The maximum Gasteiger partial charge on any atom is 0.222 e. The topological polar surface area (TPSA) is 91.3 Å². The van der Waals surface area contributed by atoms with Gasteiger partial charge in [-0.25, -0.2) is 0 Å². The number of nitrogens with one attached hydrogen (secondary N) is 1. The number of aryl methyl sites for hydroxylation is 2. The Kier molecular flexibility index (Phi) is 5.50. The molecule has 1 saturated heterocycles. The number of ether oxygens (including phenoxy) is 1. The van der Waals surface area contributed by atoms with Crippen molar-refractivity contribution in [2.45, 2.75) is 32.5 Å². The van der Waals surface area contributed by atoms with E-state index in [0.29, 0.717) is 37.7 Å². The molecule has 35 heavy (non-hydrogen) atoms. The van der Waals surface area contributed by atoms with Crippen LogP contribution >= 0.6 is 11.6 Å². The molecule has 1 N–H and O–H groups in total. The highest BCUT2D eigenvalue weighted by atomic mass is 35.5. The Morgan fingerprint density at radius 1 is 1.14 bits per heavy atom. The van der Waals surface area contributed by atoms with E-state index in [9.17, 15) is 4.79 Å². The van der Waals surface area contributed by atoms with Crippen molar-refractivity contribution < 1.29 is 9.53 Å². The molecule has 0 unspecified atom stereocenters. The van der Waals surface area contributed by atoms with Crippen LogP contribution in [0.25, 0.3) is 28.1 Å². The van der Waals surface area contributed by atoms with Crippen LogP contribution in [-0.4, -0.2) is 54.1 Å². The lowest BCUT2D eigenvalue weighted by atomic mass is 10.2. The molecule has 0 spiro atoms. The number of fused-ring (bicyclic) bond motifs is 3. The summed E-state index contributed by atoms with van der Waals surface area (Å²) in [5.41, 5.74) is 5.75. The Morgan fingerprint density at radius 2 is 2.03 bits per heavy atom. The summed E-state index contributed by atoms with van der Waals surface area (Å²) < 4.78 is 11.2. The summed E-state index contributed by atoms with van der Waals surface area (Å²) in [4.78, 5) is 12.2. The molecule has 1 fully saturated rings. The molecule has 1 aromatic carbocycles. The van der Waals surface area contributed by atoms with Gasteiger partial charge in [0.25, 0.3) is 0 Å². The minimum atomic E-state index is 0.0101. The minimum Gasteiger partial charge on any atom is -0.377 e. The molecule has 6 rings (SSSR count). The Hall–Kier alpha value is -3.69. The fraction of sp³-hybridized carbons (Fsp3) is 0.280. The summed E-state index contributed by atoms with van der Waals surface area (Å²) in [7, 11) is 0. The van der Waals surface area contributed by atoms with E-state index in [2.05, 4.69) is 42.7 Å². The second-order valence-electron chi connectivity index (χ2n) is 8.81. The zero-order valence-corrected chi connectivity index (χ0v) is 19.9. The van der Waals surface area contributed by atoms with E-state index < -0.39 is 0 Å². The molecule has 1 aliphatic heterocycles. The molecule has 0 radical (unpaired) electrons. The number of halogens is 1. The van der Waals surface area contributed by atoms with Crippen molar-refractivity contribution in [3.63, 3.8) is 0 Å².